The van der Waals surface area contributed by atoms with Crippen LogP contribution in [-0.4, -0.2) is 128 Å². The van der Waals surface area contributed by atoms with E-state index in [1.54, 1.807) is 0 Å². The van der Waals surface area contributed by atoms with Crippen molar-refractivity contribution in [1.82, 2.24) is 39.7 Å². The van der Waals surface area contributed by atoms with Gasteiger partial charge in [-0.3, -0.25) is 4.79 Å². The molecule has 0 amide bonds. The molecule has 1 aliphatic carbocycles. The number of carbonyl (C=O) groups excluding carboxylic acids is 1. The standard InChI is InChI=1S/C45H61N15O/c1-57(2)21-13-9-11-19-46-40-51-41(47-20-12-10-14-22-58(3)4)53-42(52-40)48-33-17-18-37-32(26-33)25-31-24-30-23-29-15-16-34(27-35(29)39(61)36(30)28-38(31)50-37)49-43-54-44(59(5)6)56-45(55-43)60(7)8/h15-18,24,26-28,50H,9-14,19-23,25H2,1-8H3,(H,49,54,55,56)(H3,46,47,48,51,52,53). The van der Waals surface area contributed by atoms with Gasteiger partial charge in [-0.25, -0.2) is 0 Å². The molecule has 0 fully saturated rings. The minimum Gasteiger partial charge on any atom is -0.355 e. The van der Waals surface area contributed by atoms with E-state index in [9.17, 15) is 4.79 Å². The molecule has 3 heterocycles. The normalized spacial score (nSPS) is 12.6. The molecule has 2 aromatic heterocycles. The summed E-state index contributed by atoms with van der Waals surface area (Å²) in [6.07, 6.45) is 8.05. The van der Waals surface area contributed by atoms with Crippen LogP contribution in [0.25, 0.3) is 0 Å². The fourth-order valence-electron chi connectivity index (χ4n) is 7.49. The van der Waals surface area contributed by atoms with Gasteiger partial charge in [0.15, 0.2) is 5.78 Å². The van der Waals surface area contributed by atoms with Crippen LogP contribution in [0.4, 0.5) is 58.4 Å². The van der Waals surface area contributed by atoms with Gasteiger partial charge >= 0.3 is 0 Å². The molecule has 322 valence electrons. The maximum absolute atomic E-state index is 14.1. The van der Waals surface area contributed by atoms with Crippen molar-refractivity contribution in [1.29, 1.82) is 0 Å². The molecule has 0 saturated carbocycles. The number of rotatable bonds is 20. The smallest absolute Gasteiger partial charge is 0.233 e. The minimum absolute atomic E-state index is 0.00201. The highest BCUT2D eigenvalue weighted by atomic mass is 16.1. The van der Waals surface area contributed by atoms with Crippen molar-refractivity contribution in [2.24, 2.45) is 0 Å². The number of unbranched alkanes of at least 4 members (excludes halogenated alkanes) is 4. The van der Waals surface area contributed by atoms with E-state index < -0.39 is 0 Å². The van der Waals surface area contributed by atoms with Crippen LogP contribution in [0.1, 0.15) is 76.7 Å². The summed E-state index contributed by atoms with van der Waals surface area (Å²) >= 11 is 0. The quantitative estimate of drug-likeness (QED) is 0.0512. The summed E-state index contributed by atoms with van der Waals surface area (Å²) in [7, 11) is 16.0. The van der Waals surface area contributed by atoms with E-state index in [0.29, 0.717) is 53.2 Å². The van der Waals surface area contributed by atoms with Crippen LogP contribution < -0.4 is 36.4 Å². The van der Waals surface area contributed by atoms with Crippen LogP contribution in [0.2, 0.25) is 0 Å². The number of anilines is 10. The van der Waals surface area contributed by atoms with Gasteiger partial charge in [-0.05, 0) is 132 Å². The van der Waals surface area contributed by atoms with E-state index in [1.807, 2.05) is 68.3 Å². The second kappa shape index (κ2) is 19.5. The Kier molecular flexibility index (Phi) is 13.7. The molecule has 1 aliphatic heterocycles. The number of hydrogen-bond donors (Lipinski definition) is 5. The molecule has 0 saturated heterocycles. The zero-order chi connectivity index (χ0) is 43.0. The Balaban J connectivity index is 1.04. The molecule has 16 heteroatoms. The van der Waals surface area contributed by atoms with Crippen molar-refractivity contribution in [2.75, 3.05) is 119 Å². The molecule has 0 atom stereocenters. The molecule has 0 radical (unpaired) electrons. The Morgan fingerprint density at radius 2 is 1.03 bits per heavy atom. The molecule has 7 rings (SSSR count). The van der Waals surface area contributed by atoms with Gasteiger partial charge in [0.1, 0.15) is 0 Å². The predicted molar refractivity (Wildman–Crippen MR) is 248 cm³/mol. The Morgan fingerprint density at radius 1 is 0.508 bits per heavy atom. The van der Waals surface area contributed by atoms with Crippen LogP contribution in [0.5, 0.6) is 0 Å². The Labute approximate surface area is 360 Å². The van der Waals surface area contributed by atoms with Gasteiger partial charge in [-0.15, -0.1) is 0 Å². The predicted octanol–water partition coefficient (Wildman–Crippen LogP) is 6.75. The van der Waals surface area contributed by atoms with Gasteiger partial charge < -0.3 is 46.2 Å². The van der Waals surface area contributed by atoms with E-state index in [-0.39, 0.29) is 5.78 Å². The first-order valence-corrected chi connectivity index (χ1v) is 21.3. The molecule has 3 aromatic carbocycles. The van der Waals surface area contributed by atoms with Crippen molar-refractivity contribution in [3.8, 4) is 0 Å². The van der Waals surface area contributed by atoms with Crippen LogP contribution >= 0.6 is 0 Å². The number of hydrogen-bond acceptors (Lipinski definition) is 16. The van der Waals surface area contributed by atoms with Gasteiger partial charge in [0.25, 0.3) is 0 Å². The highest BCUT2D eigenvalue weighted by Crippen LogP contribution is 2.39. The number of carbonyl (C=O) groups is 1. The van der Waals surface area contributed by atoms with Gasteiger partial charge in [0.05, 0.1) is 0 Å². The second-order valence-corrected chi connectivity index (χ2v) is 16.9. The summed E-state index contributed by atoms with van der Waals surface area (Å²) in [5, 5.41) is 17.2. The van der Waals surface area contributed by atoms with Gasteiger partial charge in [-0.1, -0.05) is 25.0 Å². The lowest BCUT2D eigenvalue weighted by molar-refractivity contribution is 0.103. The Hall–Kier alpha value is -6.13. The SMILES string of the molecule is CN(C)CCCCCNc1nc(NCCCCCN(C)C)nc(Nc2ccc3c(c2)Cc2cc4c(cc2N3)C(=O)c2cc(Nc3nc(N(C)C)nc(N(C)C)n3)ccc2C4)n1. The molecule has 61 heavy (non-hydrogen) atoms. The monoisotopic (exact) mass is 828 g/mol. The third-order valence-electron chi connectivity index (χ3n) is 10.8. The number of ketones is 1. The fourth-order valence-corrected chi connectivity index (χ4v) is 7.49. The first-order valence-electron chi connectivity index (χ1n) is 21.3. The van der Waals surface area contributed by atoms with Crippen LogP contribution in [0.3, 0.4) is 0 Å². The topological polar surface area (TPSA) is 168 Å². The lowest BCUT2D eigenvalue weighted by Gasteiger charge is -2.26. The number of nitrogens with one attached hydrogen (secondary N) is 5. The summed E-state index contributed by atoms with van der Waals surface area (Å²) in [6.45, 7) is 3.76. The number of nitrogens with zero attached hydrogens (tertiary/aromatic N) is 10. The number of benzene rings is 3. The van der Waals surface area contributed by atoms with Gasteiger partial charge in [0, 0.05) is 81.6 Å². The molecule has 0 bridgehead atoms. The summed E-state index contributed by atoms with van der Waals surface area (Å²) < 4.78 is 0. The maximum Gasteiger partial charge on any atom is 0.233 e. The van der Waals surface area contributed by atoms with Crippen molar-refractivity contribution < 1.29 is 4.79 Å². The lowest BCUT2D eigenvalue weighted by atomic mass is 9.82. The van der Waals surface area contributed by atoms with Crippen molar-refractivity contribution in [3.05, 3.63) is 81.9 Å². The minimum atomic E-state index is 0.00201. The van der Waals surface area contributed by atoms with Gasteiger partial charge in [-0.2, -0.15) is 29.9 Å². The average Bonchev–Trinajstić information content (AvgIpc) is 3.22. The van der Waals surface area contributed by atoms with Crippen LogP contribution in [-0.2, 0) is 12.8 Å². The van der Waals surface area contributed by atoms with Gasteiger partial charge in [0.2, 0.25) is 35.7 Å². The molecule has 2 aliphatic rings. The highest BCUT2D eigenvalue weighted by Gasteiger charge is 2.27. The molecular formula is C45H61N15O. The molecule has 0 unspecified atom stereocenters. The summed E-state index contributed by atoms with van der Waals surface area (Å²) in [4.78, 5) is 50.1. The van der Waals surface area contributed by atoms with E-state index >= 15 is 0 Å². The largest absolute Gasteiger partial charge is 0.355 e. The third-order valence-corrected chi connectivity index (χ3v) is 10.8. The van der Waals surface area contributed by atoms with Crippen molar-refractivity contribution in [3.63, 3.8) is 0 Å². The summed E-state index contributed by atoms with van der Waals surface area (Å²) in [5.74, 6) is 3.09. The molecule has 5 aromatic rings. The van der Waals surface area contributed by atoms with E-state index in [4.69, 9.17) is 15.0 Å². The van der Waals surface area contributed by atoms with E-state index in [1.165, 1.54) is 0 Å². The molecular weight excluding hydrogens is 767 g/mol. The lowest BCUT2D eigenvalue weighted by Crippen LogP contribution is -2.20. The molecule has 16 nitrogen and oxygen atoms in total. The summed E-state index contributed by atoms with van der Waals surface area (Å²) in [6, 6.07) is 16.3. The number of fused-ring (bicyclic) bond motifs is 4. The third kappa shape index (κ3) is 11.2. The average molecular weight is 828 g/mol. The van der Waals surface area contributed by atoms with E-state index in [0.717, 1.165) is 116 Å². The molecule has 5 N–H and O–H groups in total. The Morgan fingerprint density at radius 3 is 1.64 bits per heavy atom. The first kappa shape index (κ1) is 43.0. The van der Waals surface area contributed by atoms with Crippen LogP contribution in [0, 0.1) is 0 Å². The second-order valence-electron chi connectivity index (χ2n) is 16.9. The maximum atomic E-state index is 14.1. The van der Waals surface area contributed by atoms with Crippen molar-refractivity contribution >= 4 is 64.2 Å². The zero-order valence-corrected chi connectivity index (χ0v) is 37.0. The molecule has 0 spiro atoms. The highest BCUT2D eigenvalue weighted by molar-refractivity contribution is 6.13. The fraction of sp³-hybridized carbons (Fsp3) is 0.444. The Bertz CT molecular complexity index is 2260. The van der Waals surface area contributed by atoms with E-state index in [2.05, 4.69) is 97.7 Å². The zero-order valence-electron chi connectivity index (χ0n) is 37.0. The first-order chi connectivity index (χ1) is 29.4. The number of aromatic nitrogens is 6. The van der Waals surface area contributed by atoms with Crippen molar-refractivity contribution in [2.45, 2.75) is 51.4 Å². The summed E-state index contributed by atoms with van der Waals surface area (Å²) in [5.41, 5.74) is 9.28. The van der Waals surface area contributed by atoms with Crippen LogP contribution in [0.15, 0.2) is 48.5 Å².